The highest BCUT2D eigenvalue weighted by atomic mass is 15.3. The summed E-state index contributed by atoms with van der Waals surface area (Å²) < 4.78 is 0. The maximum atomic E-state index is 6.27. The summed E-state index contributed by atoms with van der Waals surface area (Å²) in [4.78, 5) is 7.85. The van der Waals surface area contributed by atoms with Crippen LogP contribution in [0.5, 0.6) is 0 Å². The highest BCUT2D eigenvalue weighted by molar-refractivity contribution is 4.97. The molecule has 0 spiro atoms. The van der Waals surface area contributed by atoms with Crippen molar-refractivity contribution in [1.82, 2.24) is 14.7 Å². The lowest BCUT2D eigenvalue weighted by atomic mass is 9.87. The molecule has 4 heteroatoms. The van der Waals surface area contributed by atoms with E-state index < -0.39 is 0 Å². The van der Waals surface area contributed by atoms with Crippen LogP contribution in [0, 0.1) is 0 Å². The summed E-state index contributed by atoms with van der Waals surface area (Å²) >= 11 is 0. The zero-order valence-corrected chi connectivity index (χ0v) is 13.8. The van der Waals surface area contributed by atoms with E-state index in [4.69, 9.17) is 5.73 Å². The van der Waals surface area contributed by atoms with Crippen molar-refractivity contribution < 1.29 is 0 Å². The Morgan fingerprint density at radius 3 is 2.55 bits per heavy atom. The maximum absolute atomic E-state index is 6.27. The summed E-state index contributed by atoms with van der Waals surface area (Å²) in [6, 6.07) is 0.706. The highest BCUT2D eigenvalue weighted by Crippen LogP contribution is 2.30. The molecule has 2 atom stereocenters. The molecule has 2 N–H and O–H groups in total. The summed E-state index contributed by atoms with van der Waals surface area (Å²) in [7, 11) is 2.27. The van der Waals surface area contributed by atoms with Crippen LogP contribution in [0.2, 0.25) is 0 Å². The lowest BCUT2D eigenvalue weighted by Crippen LogP contribution is -2.62. The van der Waals surface area contributed by atoms with E-state index in [1.54, 1.807) is 0 Å². The zero-order chi connectivity index (χ0) is 14.6. The first kappa shape index (κ1) is 16.2. The van der Waals surface area contributed by atoms with Crippen LogP contribution in [0.15, 0.2) is 0 Å². The monoisotopic (exact) mass is 282 g/mol. The van der Waals surface area contributed by atoms with Gasteiger partial charge in [-0.05, 0) is 52.4 Å². The normalized spacial score (nSPS) is 35.1. The molecular formula is C16H34N4. The molecule has 2 unspecified atom stereocenters. The second-order valence-electron chi connectivity index (χ2n) is 6.70. The Bertz CT molecular complexity index is 296. The standard InChI is InChI=1S/C16H34N4/c1-4-15-13-20(12-11-18(15)3)16(14-17)7-6-9-19(5-2)10-8-16/h15H,4-14,17H2,1-3H3. The van der Waals surface area contributed by atoms with Crippen molar-refractivity contribution in [2.75, 3.05) is 52.9 Å². The molecule has 2 aliphatic heterocycles. The fraction of sp³-hybridized carbons (Fsp3) is 1.00. The fourth-order valence-corrected chi connectivity index (χ4v) is 4.02. The molecule has 2 saturated heterocycles. The molecule has 2 aliphatic rings. The predicted molar refractivity (Wildman–Crippen MR) is 86.0 cm³/mol. The smallest absolute Gasteiger partial charge is 0.0345 e. The van der Waals surface area contributed by atoms with Gasteiger partial charge in [0.05, 0.1) is 0 Å². The number of hydrogen-bond donors (Lipinski definition) is 1. The van der Waals surface area contributed by atoms with E-state index >= 15 is 0 Å². The largest absolute Gasteiger partial charge is 0.329 e. The van der Waals surface area contributed by atoms with Gasteiger partial charge < -0.3 is 15.5 Å². The summed E-state index contributed by atoms with van der Waals surface area (Å²) in [6.45, 7) is 12.7. The second-order valence-corrected chi connectivity index (χ2v) is 6.70. The molecule has 0 bridgehead atoms. The average molecular weight is 282 g/mol. The first-order chi connectivity index (χ1) is 9.65. The molecule has 4 nitrogen and oxygen atoms in total. The zero-order valence-electron chi connectivity index (χ0n) is 13.8. The van der Waals surface area contributed by atoms with E-state index in [9.17, 15) is 0 Å². The third-order valence-corrected chi connectivity index (χ3v) is 5.76. The number of piperazine rings is 1. The molecule has 118 valence electrons. The molecule has 0 saturated carbocycles. The van der Waals surface area contributed by atoms with Crippen LogP contribution in [0.3, 0.4) is 0 Å². The van der Waals surface area contributed by atoms with Crippen LogP contribution in [0.4, 0.5) is 0 Å². The molecule has 0 aromatic heterocycles. The third kappa shape index (κ3) is 3.35. The molecule has 0 aromatic carbocycles. The van der Waals surface area contributed by atoms with E-state index in [1.165, 1.54) is 65.0 Å². The van der Waals surface area contributed by atoms with E-state index in [0.717, 1.165) is 6.54 Å². The summed E-state index contributed by atoms with van der Waals surface area (Å²) in [5, 5.41) is 0. The Labute approximate surface area is 125 Å². The van der Waals surface area contributed by atoms with Gasteiger partial charge in [0.1, 0.15) is 0 Å². The molecule has 2 rings (SSSR count). The Balaban J connectivity index is 2.06. The van der Waals surface area contributed by atoms with Crippen molar-refractivity contribution in [2.24, 2.45) is 5.73 Å². The van der Waals surface area contributed by atoms with Crippen LogP contribution in [0.1, 0.15) is 39.5 Å². The Hall–Kier alpha value is -0.160. The Morgan fingerprint density at radius 1 is 1.10 bits per heavy atom. The van der Waals surface area contributed by atoms with Gasteiger partial charge in [0, 0.05) is 37.8 Å². The fourth-order valence-electron chi connectivity index (χ4n) is 4.02. The van der Waals surface area contributed by atoms with Gasteiger partial charge in [0.2, 0.25) is 0 Å². The third-order valence-electron chi connectivity index (χ3n) is 5.76. The van der Waals surface area contributed by atoms with E-state index in [-0.39, 0.29) is 5.54 Å². The molecular weight excluding hydrogens is 248 g/mol. The van der Waals surface area contributed by atoms with Crippen LogP contribution >= 0.6 is 0 Å². The maximum Gasteiger partial charge on any atom is 0.0345 e. The van der Waals surface area contributed by atoms with Crippen molar-refractivity contribution in [2.45, 2.75) is 51.1 Å². The molecule has 0 amide bonds. The van der Waals surface area contributed by atoms with Crippen LogP contribution < -0.4 is 5.73 Å². The summed E-state index contributed by atoms with van der Waals surface area (Å²) in [6.07, 6.45) is 5.07. The van der Waals surface area contributed by atoms with Crippen molar-refractivity contribution in [1.29, 1.82) is 0 Å². The van der Waals surface area contributed by atoms with Crippen LogP contribution in [-0.4, -0.2) is 79.1 Å². The number of nitrogens with zero attached hydrogens (tertiary/aromatic N) is 3. The molecule has 2 fully saturated rings. The summed E-state index contributed by atoms with van der Waals surface area (Å²) in [5.74, 6) is 0. The number of nitrogens with two attached hydrogens (primary N) is 1. The van der Waals surface area contributed by atoms with Crippen molar-refractivity contribution in [3.8, 4) is 0 Å². The summed E-state index contributed by atoms with van der Waals surface area (Å²) in [5.41, 5.74) is 6.54. The molecule has 2 heterocycles. The minimum atomic E-state index is 0.262. The lowest BCUT2D eigenvalue weighted by Gasteiger charge is -2.49. The van der Waals surface area contributed by atoms with Gasteiger partial charge in [-0.25, -0.2) is 0 Å². The van der Waals surface area contributed by atoms with E-state index in [0.29, 0.717) is 6.04 Å². The second kappa shape index (κ2) is 7.21. The molecule has 20 heavy (non-hydrogen) atoms. The SMILES string of the molecule is CCC1CN(C2(CN)CCCN(CC)CC2)CCN1C. The van der Waals surface area contributed by atoms with Gasteiger partial charge in [-0.1, -0.05) is 13.8 Å². The van der Waals surface area contributed by atoms with E-state index in [2.05, 4.69) is 35.6 Å². The highest BCUT2D eigenvalue weighted by Gasteiger charge is 2.39. The van der Waals surface area contributed by atoms with Crippen molar-refractivity contribution in [3.63, 3.8) is 0 Å². The number of likely N-dealkylation sites (N-methyl/N-ethyl adjacent to an activating group) is 1. The average Bonchev–Trinajstić information content (AvgIpc) is 2.70. The van der Waals surface area contributed by atoms with Gasteiger partial charge >= 0.3 is 0 Å². The van der Waals surface area contributed by atoms with Crippen molar-refractivity contribution >= 4 is 0 Å². The molecule has 0 aromatic rings. The lowest BCUT2D eigenvalue weighted by molar-refractivity contribution is 0.00406. The van der Waals surface area contributed by atoms with Gasteiger partial charge in [-0.3, -0.25) is 4.90 Å². The Kier molecular flexibility index (Phi) is 5.84. The number of rotatable bonds is 4. The first-order valence-corrected chi connectivity index (χ1v) is 8.53. The van der Waals surface area contributed by atoms with Gasteiger partial charge in [0.25, 0.3) is 0 Å². The topological polar surface area (TPSA) is 35.7 Å². The van der Waals surface area contributed by atoms with Gasteiger partial charge in [-0.2, -0.15) is 0 Å². The molecule has 0 radical (unpaired) electrons. The van der Waals surface area contributed by atoms with Gasteiger partial charge in [0.15, 0.2) is 0 Å². The minimum absolute atomic E-state index is 0.262. The van der Waals surface area contributed by atoms with E-state index in [1.807, 2.05) is 0 Å². The number of likely N-dealkylation sites (tertiary alicyclic amines) is 1. The molecule has 0 aliphatic carbocycles. The van der Waals surface area contributed by atoms with Gasteiger partial charge in [-0.15, -0.1) is 0 Å². The van der Waals surface area contributed by atoms with Crippen LogP contribution in [-0.2, 0) is 0 Å². The van der Waals surface area contributed by atoms with Crippen LogP contribution in [0.25, 0.3) is 0 Å². The minimum Gasteiger partial charge on any atom is -0.329 e. The first-order valence-electron chi connectivity index (χ1n) is 8.53. The predicted octanol–water partition coefficient (Wildman–Crippen LogP) is 1.22. The van der Waals surface area contributed by atoms with Crippen molar-refractivity contribution in [3.05, 3.63) is 0 Å². The Morgan fingerprint density at radius 2 is 1.90 bits per heavy atom. The quantitative estimate of drug-likeness (QED) is 0.841. The number of hydrogen-bond acceptors (Lipinski definition) is 4.